The van der Waals surface area contributed by atoms with Gasteiger partial charge in [0.05, 0.1) is 12.8 Å². The molecule has 16 heavy (non-hydrogen) atoms. The second kappa shape index (κ2) is 6.01. The molecule has 0 saturated carbocycles. The van der Waals surface area contributed by atoms with E-state index >= 15 is 0 Å². The van der Waals surface area contributed by atoms with E-state index in [9.17, 15) is 4.55 Å². The van der Waals surface area contributed by atoms with Crippen LogP contribution < -0.4 is 10.1 Å². The topological polar surface area (TPSA) is 44.3 Å². The Hall–Kier alpha value is -0.870. The van der Waals surface area contributed by atoms with Gasteiger partial charge in [-0.2, -0.15) is 0 Å². The molecule has 3 nitrogen and oxygen atoms in total. The number of benzene rings is 1. The maximum Gasteiger partial charge on any atom is 0.157 e. The Morgan fingerprint density at radius 3 is 2.62 bits per heavy atom. The molecule has 0 aliphatic rings. The highest BCUT2D eigenvalue weighted by Crippen LogP contribution is 2.30. The van der Waals surface area contributed by atoms with Gasteiger partial charge in [-0.15, -0.1) is 0 Å². The van der Waals surface area contributed by atoms with Gasteiger partial charge in [0.2, 0.25) is 0 Å². The molecule has 0 radical (unpaired) electrons. The summed E-state index contributed by atoms with van der Waals surface area (Å²) in [6.45, 7) is 4.94. The van der Waals surface area contributed by atoms with Crippen molar-refractivity contribution >= 4 is 16.9 Å². The zero-order chi connectivity index (χ0) is 12.1. The minimum Gasteiger partial charge on any atom is -0.612 e. The lowest BCUT2D eigenvalue weighted by Crippen LogP contribution is -2.06. The molecule has 1 unspecified atom stereocenters. The lowest BCUT2D eigenvalue weighted by molar-refractivity contribution is 0.415. The van der Waals surface area contributed by atoms with Gasteiger partial charge in [-0.05, 0) is 30.6 Å². The number of nitrogens with one attached hydrogen (secondary N) is 1. The third-order valence-electron chi connectivity index (χ3n) is 2.37. The normalized spacial score (nSPS) is 12.3. The highest BCUT2D eigenvalue weighted by molar-refractivity contribution is 7.90. The summed E-state index contributed by atoms with van der Waals surface area (Å²) < 4.78 is 16.8. The van der Waals surface area contributed by atoms with Gasteiger partial charge in [0.25, 0.3) is 0 Å². The molecule has 0 aliphatic carbocycles. The molecule has 0 aliphatic heterocycles. The number of hydrogen-bond acceptors (Lipinski definition) is 3. The first-order valence-electron chi connectivity index (χ1n) is 5.36. The zero-order valence-electron chi connectivity index (χ0n) is 10.3. The fraction of sp³-hybridized carbons (Fsp3) is 0.500. The summed E-state index contributed by atoms with van der Waals surface area (Å²) in [5.41, 5.74) is 1.92. The van der Waals surface area contributed by atoms with Gasteiger partial charge in [-0.25, -0.2) is 0 Å². The van der Waals surface area contributed by atoms with Crippen LogP contribution in [0.5, 0.6) is 5.75 Å². The Morgan fingerprint density at radius 2 is 2.12 bits per heavy atom. The summed E-state index contributed by atoms with van der Waals surface area (Å²) in [6.07, 6.45) is 2.74. The zero-order valence-corrected chi connectivity index (χ0v) is 11.1. The van der Waals surface area contributed by atoms with Crippen LogP contribution in [0, 0.1) is 6.92 Å². The van der Waals surface area contributed by atoms with Crippen molar-refractivity contribution in [3.05, 3.63) is 17.7 Å². The Balaban J connectivity index is 3.07. The number of methoxy groups -OCH3 is 1. The van der Waals surface area contributed by atoms with E-state index in [-0.39, 0.29) is 0 Å². The van der Waals surface area contributed by atoms with E-state index < -0.39 is 11.2 Å². The van der Waals surface area contributed by atoms with Gasteiger partial charge >= 0.3 is 0 Å². The van der Waals surface area contributed by atoms with Crippen LogP contribution in [0.2, 0.25) is 0 Å². The third-order valence-corrected chi connectivity index (χ3v) is 3.43. The van der Waals surface area contributed by atoms with Crippen molar-refractivity contribution in [1.29, 1.82) is 0 Å². The quantitative estimate of drug-likeness (QED) is 0.806. The monoisotopic (exact) mass is 241 g/mol. The van der Waals surface area contributed by atoms with E-state index in [1.807, 2.05) is 19.1 Å². The Morgan fingerprint density at radius 1 is 1.44 bits per heavy atom. The first-order chi connectivity index (χ1) is 7.60. The maximum absolute atomic E-state index is 11.5. The molecule has 90 valence electrons. The lowest BCUT2D eigenvalue weighted by atomic mass is 10.2. The number of aryl methyl sites for hydroxylation is 1. The molecule has 0 bridgehead atoms. The van der Waals surface area contributed by atoms with Crippen molar-refractivity contribution in [2.45, 2.75) is 25.2 Å². The molecule has 1 aromatic carbocycles. The first kappa shape index (κ1) is 13.2. The Labute approximate surface area is 100 Å². The second-order valence-electron chi connectivity index (χ2n) is 3.70. The van der Waals surface area contributed by atoms with Gasteiger partial charge in [0.1, 0.15) is 12.0 Å². The maximum atomic E-state index is 11.5. The standard InChI is InChI=1S/C12H19NO2S/c1-5-6-13-10-8-12(16(4)14)9(2)7-11(10)15-3/h7-8,13H,5-6H2,1-4H3. The Bertz CT molecular complexity index is 353. The average molecular weight is 241 g/mol. The molecule has 0 saturated heterocycles. The summed E-state index contributed by atoms with van der Waals surface area (Å²) in [6, 6.07) is 3.84. The molecule has 0 aromatic heterocycles. The second-order valence-corrected chi connectivity index (χ2v) is 5.05. The predicted octanol–water partition coefficient (Wildman–Crippen LogP) is 2.56. The molecule has 1 N–H and O–H groups in total. The van der Waals surface area contributed by atoms with Crippen LogP contribution in [-0.4, -0.2) is 24.5 Å². The molecule has 1 rings (SSSR count). The number of anilines is 1. The molecular formula is C12H19NO2S. The number of ether oxygens (including phenoxy) is 1. The van der Waals surface area contributed by atoms with Crippen LogP contribution in [0.4, 0.5) is 5.69 Å². The fourth-order valence-corrected chi connectivity index (χ4v) is 2.33. The van der Waals surface area contributed by atoms with Gasteiger partial charge in [0, 0.05) is 18.2 Å². The van der Waals surface area contributed by atoms with Crippen LogP contribution in [0.1, 0.15) is 18.9 Å². The Kier molecular flexibility index (Phi) is 4.96. The number of hydrogen-bond donors (Lipinski definition) is 1. The van der Waals surface area contributed by atoms with E-state index in [0.717, 1.165) is 34.9 Å². The molecule has 0 heterocycles. The SMILES string of the molecule is CCCNc1cc([S+](C)[O-])c(C)cc1OC. The van der Waals surface area contributed by atoms with E-state index in [2.05, 4.69) is 12.2 Å². The van der Waals surface area contributed by atoms with Crippen molar-refractivity contribution in [3.63, 3.8) is 0 Å². The van der Waals surface area contributed by atoms with Crippen LogP contribution in [-0.2, 0) is 11.2 Å². The largest absolute Gasteiger partial charge is 0.612 e. The minimum absolute atomic E-state index is 0.806. The van der Waals surface area contributed by atoms with Crippen molar-refractivity contribution in [1.82, 2.24) is 0 Å². The lowest BCUT2D eigenvalue weighted by Gasteiger charge is -2.14. The summed E-state index contributed by atoms with van der Waals surface area (Å²) in [4.78, 5) is 0.861. The van der Waals surface area contributed by atoms with Crippen LogP contribution in [0.3, 0.4) is 0 Å². The number of rotatable bonds is 5. The van der Waals surface area contributed by atoms with E-state index in [1.165, 1.54) is 0 Å². The van der Waals surface area contributed by atoms with E-state index in [4.69, 9.17) is 4.74 Å². The molecule has 1 atom stereocenters. The smallest absolute Gasteiger partial charge is 0.157 e. The molecule has 1 aromatic rings. The van der Waals surface area contributed by atoms with Crippen molar-refractivity contribution in [2.24, 2.45) is 0 Å². The van der Waals surface area contributed by atoms with E-state index in [0.29, 0.717) is 0 Å². The summed E-state index contributed by atoms with van der Waals surface area (Å²) in [7, 11) is 1.65. The average Bonchev–Trinajstić information content (AvgIpc) is 2.26. The van der Waals surface area contributed by atoms with Crippen molar-refractivity contribution in [2.75, 3.05) is 25.2 Å². The molecule has 4 heteroatoms. The van der Waals surface area contributed by atoms with E-state index in [1.54, 1.807) is 13.4 Å². The van der Waals surface area contributed by atoms with Crippen LogP contribution in [0.25, 0.3) is 0 Å². The minimum atomic E-state index is -0.962. The van der Waals surface area contributed by atoms with Crippen LogP contribution in [0.15, 0.2) is 17.0 Å². The molecule has 0 fully saturated rings. The molecule has 0 amide bonds. The van der Waals surface area contributed by atoms with Crippen LogP contribution >= 0.6 is 0 Å². The first-order valence-corrected chi connectivity index (χ1v) is 6.91. The predicted molar refractivity (Wildman–Crippen MR) is 68.8 cm³/mol. The van der Waals surface area contributed by atoms with Gasteiger partial charge in [0.15, 0.2) is 4.90 Å². The highest BCUT2D eigenvalue weighted by atomic mass is 32.2. The third kappa shape index (κ3) is 3.06. The highest BCUT2D eigenvalue weighted by Gasteiger charge is 2.13. The summed E-state index contributed by atoms with van der Waals surface area (Å²) >= 11 is -0.962. The summed E-state index contributed by atoms with van der Waals surface area (Å²) in [5, 5.41) is 3.28. The molecular weight excluding hydrogens is 222 g/mol. The summed E-state index contributed by atoms with van der Waals surface area (Å²) in [5.74, 6) is 0.806. The molecule has 0 spiro atoms. The van der Waals surface area contributed by atoms with Crippen molar-refractivity contribution in [3.8, 4) is 5.75 Å². The fourth-order valence-electron chi connectivity index (χ4n) is 1.54. The van der Waals surface area contributed by atoms with Gasteiger partial charge in [-0.1, -0.05) is 6.92 Å². The van der Waals surface area contributed by atoms with Gasteiger partial charge < -0.3 is 14.6 Å². The van der Waals surface area contributed by atoms with Gasteiger partial charge in [-0.3, -0.25) is 0 Å². The van der Waals surface area contributed by atoms with Crippen molar-refractivity contribution < 1.29 is 9.29 Å².